The molecule has 0 saturated heterocycles. The fraction of sp³-hybridized carbons (Fsp3) is 0.241. The van der Waals surface area contributed by atoms with Crippen molar-refractivity contribution in [3.05, 3.63) is 83.7 Å². The van der Waals surface area contributed by atoms with Gasteiger partial charge in [-0.3, -0.25) is 9.78 Å². The Morgan fingerprint density at radius 3 is 2.14 bits per heavy atom. The van der Waals surface area contributed by atoms with Crippen LogP contribution < -0.4 is 23.7 Å². The molecular weight excluding hydrogens is 474 g/mol. The van der Waals surface area contributed by atoms with Gasteiger partial charge in [0, 0.05) is 18.7 Å². The van der Waals surface area contributed by atoms with E-state index in [9.17, 15) is 4.79 Å². The zero-order valence-electron chi connectivity index (χ0n) is 21.4. The van der Waals surface area contributed by atoms with Gasteiger partial charge in [-0.2, -0.15) is 0 Å². The van der Waals surface area contributed by atoms with Crippen LogP contribution in [0.3, 0.4) is 0 Å². The van der Waals surface area contributed by atoms with Crippen LogP contribution in [-0.4, -0.2) is 53.1 Å². The topological polar surface area (TPSA) is 85.3 Å². The monoisotopic (exact) mass is 503 g/mol. The lowest BCUT2D eigenvalue weighted by Crippen LogP contribution is -2.18. The summed E-state index contributed by atoms with van der Waals surface area (Å²) < 4.78 is 32.8. The van der Waals surface area contributed by atoms with Crippen molar-refractivity contribution in [3.8, 4) is 28.7 Å². The van der Waals surface area contributed by atoms with Crippen LogP contribution in [0.1, 0.15) is 27.5 Å². The molecular formula is C29H29NO7. The van der Waals surface area contributed by atoms with Crippen LogP contribution in [0, 0.1) is 0 Å². The molecule has 1 aromatic heterocycles. The quantitative estimate of drug-likeness (QED) is 0.202. The molecule has 192 valence electrons. The van der Waals surface area contributed by atoms with E-state index in [0.717, 1.165) is 10.8 Å². The van der Waals surface area contributed by atoms with Gasteiger partial charge in [-0.15, -0.1) is 0 Å². The number of hydrogen-bond donors (Lipinski definition) is 0. The predicted molar refractivity (Wildman–Crippen MR) is 140 cm³/mol. The molecule has 0 N–H and O–H groups in total. The summed E-state index contributed by atoms with van der Waals surface area (Å²) in [5, 5.41) is 1.61. The van der Waals surface area contributed by atoms with Crippen LogP contribution in [0.4, 0.5) is 0 Å². The third kappa shape index (κ3) is 5.15. The molecule has 37 heavy (non-hydrogen) atoms. The van der Waals surface area contributed by atoms with Crippen molar-refractivity contribution in [2.75, 3.05) is 42.3 Å². The molecule has 1 unspecified atom stereocenters. The molecule has 0 aliphatic carbocycles. The van der Waals surface area contributed by atoms with Gasteiger partial charge >= 0.3 is 0 Å². The summed E-state index contributed by atoms with van der Waals surface area (Å²) >= 11 is 0. The van der Waals surface area contributed by atoms with E-state index in [2.05, 4.69) is 0 Å². The van der Waals surface area contributed by atoms with Gasteiger partial charge in [-0.1, -0.05) is 18.2 Å². The second-order valence-electron chi connectivity index (χ2n) is 8.08. The van der Waals surface area contributed by atoms with E-state index in [4.69, 9.17) is 33.4 Å². The molecule has 8 heteroatoms. The van der Waals surface area contributed by atoms with Crippen molar-refractivity contribution in [1.29, 1.82) is 0 Å². The fourth-order valence-electron chi connectivity index (χ4n) is 4.29. The smallest absolute Gasteiger partial charge is 0.188 e. The van der Waals surface area contributed by atoms with E-state index < -0.39 is 5.92 Å². The molecule has 1 atom stereocenters. The van der Waals surface area contributed by atoms with E-state index in [1.54, 1.807) is 71.0 Å². The van der Waals surface area contributed by atoms with Gasteiger partial charge in [0.1, 0.15) is 5.75 Å². The number of fused-ring (bicyclic) bond motifs is 1. The highest BCUT2D eigenvalue weighted by atomic mass is 16.7. The molecule has 4 rings (SSSR count). The number of benzene rings is 3. The number of carbonyl (C=O) groups is 1. The number of methoxy groups -OCH3 is 5. The molecule has 4 aromatic rings. The number of ketones is 1. The summed E-state index contributed by atoms with van der Waals surface area (Å²) in [7, 11) is 7.80. The highest BCUT2D eigenvalue weighted by Crippen LogP contribution is 2.40. The number of nitrogens with zero attached hydrogens (tertiary/aromatic N) is 1. The third-order valence-electron chi connectivity index (χ3n) is 6.06. The molecule has 0 bridgehead atoms. The summed E-state index contributed by atoms with van der Waals surface area (Å²) in [5.74, 6) is 1.59. The number of rotatable bonds is 11. The number of aromatic nitrogens is 1. The minimum Gasteiger partial charge on any atom is -0.493 e. The van der Waals surface area contributed by atoms with Gasteiger partial charge in [0.2, 0.25) is 0 Å². The van der Waals surface area contributed by atoms with Crippen molar-refractivity contribution in [1.82, 2.24) is 4.98 Å². The molecule has 0 saturated carbocycles. The number of Topliss-reactive ketones (excluding diaryl/α,β-unsaturated/α-hetero) is 1. The molecule has 1 heterocycles. The predicted octanol–water partition coefficient (Wildman–Crippen LogP) is 5.27. The summed E-state index contributed by atoms with van der Waals surface area (Å²) in [6, 6.07) is 18.0. The number of hydrogen-bond acceptors (Lipinski definition) is 8. The van der Waals surface area contributed by atoms with Gasteiger partial charge in [0.05, 0.1) is 45.6 Å². The maximum absolute atomic E-state index is 14.3. The van der Waals surface area contributed by atoms with Crippen molar-refractivity contribution >= 4 is 16.6 Å². The van der Waals surface area contributed by atoms with E-state index in [1.165, 1.54) is 7.11 Å². The summed E-state index contributed by atoms with van der Waals surface area (Å²) in [6.07, 6.45) is 1.68. The van der Waals surface area contributed by atoms with Crippen molar-refractivity contribution < 1.29 is 33.2 Å². The second-order valence-corrected chi connectivity index (χ2v) is 8.08. The van der Waals surface area contributed by atoms with Crippen LogP contribution in [-0.2, 0) is 4.74 Å². The van der Waals surface area contributed by atoms with Crippen LogP contribution in [0.25, 0.3) is 10.8 Å². The second kappa shape index (κ2) is 11.6. The van der Waals surface area contributed by atoms with E-state index >= 15 is 0 Å². The lowest BCUT2D eigenvalue weighted by atomic mass is 9.85. The summed E-state index contributed by atoms with van der Waals surface area (Å²) in [6.45, 7) is 0.00876. The van der Waals surface area contributed by atoms with Gasteiger partial charge in [-0.25, -0.2) is 0 Å². The molecule has 3 aromatic carbocycles. The van der Waals surface area contributed by atoms with Crippen molar-refractivity contribution in [2.45, 2.75) is 5.92 Å². The minimum atomic E-state index is -0.797. The van der Waals surface area contributed by atoms with Gasteiger partial charge in [0.25, 0.3) is 0 Å². The first-order valence-corrected chi connectivity index (χ1v) is 11.5. The maximum Gasteiger partial charge on any atom is 0.188 e. The van der Waals surface area contributed by atoms with Gasteiger partial charge in [-0.05, 0) is 53.4 Å². The largest absolute Gasteiger partial charge is 0.493 e. The van der Waals surface area contributed by atoms with E-state index in [0.29, 0.717) is 45.6 Å². The van der Waals surface area contributed by atoms with Gasteiger partial charge < -0.3 is 28.4 Å². The summed E-state index contributed by atoms with van der Waals surface area (Å²) in [4.78, 5) is 19.0. The lowest BCUT2D eigenvalue weighted by molar-refractivity contribution is 0.0502. The Bertz CT molecular complexity index is 1400. The Morgan fingerprint density at radius 1 is 0.757 bits per heavy atom. The SMILES string of the molecule is COCOc1ccccc1C(=O)C(c1ccc(OC)c(OC)c1)c1nccc2cc(OC)c(OC)cc12. The Balaban J connectivity index is 1.97. The zero-order chi connectivity index (χ0) is 26.4. The normalized spacial score (nSPS) is 11.6. The number of ether oxygens (including phenoxy) is 6. The number of pyridine rings is 1. The maximum atomic E-state index is 14.3. The number of para-hydroxylation sites is 1. The molecule has 0 fully saturated rings. The molecule has 0 aliphatic heterocycles. The van der Waals surface area contributed by atoms with Crippen LogP contribution in [0.2, 0.25) is 0 Å². The Kier molecular flexibility index (Phi) is 8.10. The first-order valence-electron chi connectivity index (χ1n) is 11.5. The molecule has 0 aliphatic rings. The zero-order valence-corrected chi connectivity index (χ0v) is 21.4. The third-order valence-corrected chi connectivity index (χ3v) is 6.06. The minimum absolute atomic E-state index is 0.00876. The number of carbonyl (C=O) groups excluding carboxylic acids is 1. The molecule has 0 amide bonds. The molecule has 0 spiro atoms. The fourth-order valence-corrected chi connectivity index (χ4v) is 4.29. The Labute approximate surface area is 215 Å². The van der Waals surface area contributed by atoms with Gasteiger partial charge in [0.15, 0.2) is 35.6 Å². The first kappa shape index (κ1) is 25.8. The Morgan fingerprint density at radius 2 is 1.43 bits per heavy atom. The highest BCUT2D eigenvalue weighted by molar-refractivity contribution is 6.07. The van der Waals surface area contributed by atoms with Crippen molar-refractivity contribution in [3.63, 3.8) is 0 Å². The van der Waals surface area contributed by atoms with Crippen molar-refractivity contribution in [2.24, 2.45) is 0 Å². The standard InChI is InChI=1S/C29H29NO7/c1-32-17-37-22-9-7-6-8-20(22)29(31)27(19-10-11-23(33-2)24(15-19)34-3)28-21-16-26(36-5)25(35-4)14-18(21)12-13-30-28/h6-16,27H,17H2,1-5H3. The molecule has 0 radical (unpaired) electrons. The van der Waals surface area contributed by atoms with Crippen LogP contribution in [0.5, 0.6) is 28.7 Å². The average Bonchev–Trinajstić information content (AvgIpc) is 2.95. The lowest BCUT2D eigenvalue weighted by Gasteiger charge is -2.21. The van der Waals surface area contributed by atoms with E-state index in [-0.39, 0.29) is 12.6 Å². The highest BCUT2D eigenvalue weighted by Gasteiger charge is 2.30. The first-order chi connectivity index (χ1) is 18.1. The van der Waals surface area contributed by atoms with E-state index in [1.807, 2.05) is 24.3 Å². The summed E-state index contributed by atoms with van der Waals surface area (Å²) in [5.41, 5.74) is 1.63. The molecule has 8 nitrogen and oxygen atoms in total. The van der Waals surface area contributed by atoms with Crippen LogP contribution in [0.15, 0.2) is 66.9 Å². The van der Waals surface area contributed by atoms with Crippen LogP contribution >= 0.6 is 0 Å². The Hall–Kier alpha value is -4.30. The average molecular weight is 504 g/mol.